The average molecular weight is 371 g/mol. The van der Waals surface area contributed by atoms with E-state index < -0.39 is 0 Å². The van der Waals surface area contributed by atoms with Crippen molar-refractivity contribution in [3.63, 3.8) is 0 Å². The lowest BCUT2D eigenvalue weighted by Gasteiger charge is -2.15. The lowest BCUT2D eigenvalue weighted by molar-refractivity contribution is 0.331. The van der Waals surface area contributed by atoms with Crippen LogP contribution in [-0.4, -0.2) is 31.0 Å². The summed E-state index contributed by atoms with van der Waals surface area (Å²) < 4.78 is 0. The summed E-state index contributed by atoms with van der Waals surface area (Å²) in [6, 6.07) is 16.7. The van der Waals surface area contributed by atoms with Crippen LogP contribution in [-0.2, 0) is 19.6 Å². The number of hydrogen-bond donors (Lipinski definition) is 2. The van der Waals surface area contributed by atoms with Crippen molar-refractivity contribution < 1.29 is 0 Å². The molecule has 1 aliphatic heterocycles. The van der Waals surface area contributed by atoms with Crippen molar-refractivity contribution in [3.05, 3.63) is 70.2 Å². The van der Waals surface area contributed by atoms with Crippen LogP contribution in [0.3, 0.4) is 0 Å². The van der Waals surface area contributed by atoms with Gasteiger partial charge in [-0.2, -0.15) is 0 Å². The third-order valence-corrected chi connectivity index (χ3v) is 5.08. The molecule has 26 heavy (non-hydrogen) atoms. The van der Waals surface area contributed by atoms with Gasteiger partial charge in [0.05, 0.1) is 0 Å². The molecule has 0 aliphatic carbocycles. The molecule has 0 aromatic heterocycles. The Bertz CT molecular complexity index is 721. The maximum absolute atomic E-state index is 6.20. The number of guanidine groups is 1. The van der Waals surface area contributed by atoms with Gasteiger partial charge in [0.1, 0.15) is 0 Å². The fourth-order valence-electron chi connectivity index (χ4n) is 3.19. The Kier molecular flexibility index (Phi) is 6.92. The van der Waals surface area contributed by atoms with E-state index in [1.165, 1.54) is 37.1 Å². The van der Waals surface area contributed by atoms with Crippen LogP contribution >= 0.6 is 11.6 Å². The summed E-state index contributed by atoms with van der Waals surface area (Å²) in [7, 11) is 1.78. The summed E-state index contributed by atoms with van der Waals surface area (Å²) in [5.74, 6) is 0.770. The summed E-state index contributed by atoms with van der Waals surface area (Å²) in [5.41, 5.74) is 3.69. The van der Waals surface area contributed by atoms with E-state index in [9.17, 15) is 0 Å². The summed E-state index contributed by atoms with van der Waals surface area (Å²) in [6.07, 6.45) is 2.67. The Hall–Kier alpha value is -2.04. The van der Waals surface area contributed by atoms with E-state index in [1.54, 1.807) is 7.05 Å². The van der Waals surface area contributed by atoms with Crippen LogP contribution in [0.2, 0.25) is 5.02 Å². The first-order valence-corrected chi connectivity index (χ1v) is 9.60. The molecule has 138 valence electrons. The molecule has 3 rings (SSSR count). The minimum Gasteiger partial charge on any atom is -0.352 e. The van der Waals surface area contributed by atoms with Crippen LogP contribution in [0.4, 0.5) is 0 Å². The molecule has 0 spiro atoms. The summed E-state index contributed by atoms with van der Waals surface area (Å²) in [4.78, 5) is 6.80. The summed E-state index contributed by atoms with van der Waals surface area (Å²) >= 11 is 6.20. The molecule has 1 saturated heterocycles. The van der Waals surface area contributed by atoms with Crippen LogP contribution in [0.25, 0.3) is 0 Å². The Morgan fingerprint density at radius 3 is 2.31 bits per heavy atom. The van der Waals surface area contributed by atoms with Gasteiger partial charge in [-0.25, -0.2) is 0 Å². The number of benzene rings is 2. The van der Waals surface area contributed by atoms with Crippen molar-refractivity contribution in [2.75, 3.05) is 20.1 Å². The van der Waals surface area contributed by atoms with E-state index in [0.717, 1.165) is 29.6 Å². The maximum atomic E-state index is 6.20. The average Bonchev–Trinajstić information content (AvgIpc) is 3.17. The minimum absolute atomic E-state index is 0.647. The largest absolute Gasteiger partial charge is 0.352 e. The second kappa shape index (κ2) is 9.60. The summed E-state index contributed by atoms with van der Waals surface area (Å²) in [5, 5.41) is 7.43. The fourth-order valence-corrected chi connectivity index (χ4v) is 3.39. The normalized spacial score (nSPS) is 15.2. The van der Waals surface area contributed by atoms with Crippen LogP contribution in [0.5, 0.6) is 0 Å². The highest BCUT2D eigenvalue weighted by atomic mass is 35.5. The van der Waals surface area contributed by atoms with Crippen LogP contribution in [0.1, 0.15) is 29.5 Å². The lowest BCUT2D eigenvalue weighted by atomic mass is 10.1. The quantitative estimate of drug-likeness (QED) is 0.600. The molecule has 4 nitrogen and oxygen atoms in total. The smallest absolute Gasteiger partial charge is 0.191 e. The molecule has 0 saturated carbocycles. The van der Waals surface area contributed by atoms with E-state index in [4.69, 9.17) is 11.6 Å². The van der Waals surface area contributed by atoms with Crippen LogP contribution < -0.4 is 10.6 Å². The first-order chi connectivity index (χ1) is 12.7. The molecule has 5 heteroatoms. The summed E-state index contributed by atoms with van der Waals surface area (Å²) in [6.45, 7) is 4.92. The SMILES string of the molecule is CN=C(NCc1ccc(CN2CCCC2)cc1)NCc1ccccc1Cl. The first-order valence-electron chi connectivity index (χ1n) is 9.22. The third kappa shape index (κ3) is 5.48. The molecule has 0 unspecified atom stereocenters. The van der Waals surface area contributed by atoms with E-state index in [-0.39, 0.29) is 0 Å². The van der Waals surface area contributed by atoms with Crippen molar-refractivity contribution >= 4 is 17.6 Å². The number of likely N-dealkylation sites (tertiary alicyclic amines) is 1. The van der Waals surface area contributed by atoms with Gasteiger partial charge < -0.3 is 10.6 Å². The molecule has 1 heterocycles. The fraction of sp³-hybridized carbons (Fsp3) is 0.381. The Morgan fingerprint density at radius 2 is 1.62 bits per heavy atom. The van der Waals surface area contributed by atoms with Crippen molar-refractivity contribution in [3.8, 4) is 0 Å². The zero-order chi connectivity index (χ0) is 18.2. The third-order valence-electron chi connectivity index (χ3n) is 4.72. The molecule has 2 aromatic carbocycles. The van der Waals surface area contributed by atoms with Crippen molar-refractivity contribution in [2.24, 2.45) is 4.99 Å². The molecule has 0 radical (unpaired) electrons. The minimum atomic E-state index is 0.647. The van der Waals surface area contributed by atoms with Gasteiger partial charge >= 0.3 is 0 Å². The van der Waals surface area contributed by atoms with Crippen molar-refractivity contribution in [1.82, 2.24) is 15.5 Å². The van der Waals surface area contributed by atoms with Gasteiger partial charge in [0.2, 0.25) is 0 Å². The topological polar surface area (TPSA) is 39.7 Å². The second-order valence-corrected chi connectivity index (χ2v) is 7.08. The number of hydrogen-bond acceptors (Lipinski definition) is 2. The predicted molar refractivity (Wildman–Crippen MR) is 109 cm³/mol. The van der Waals surface area contributed by atoms with Crippen molar-refractivity contribution in [2.45, 2.75) is 32.5 Å². The zero-order valence-corrected chi connectivity index (χ0v) is 16.1. The van der Waals surface area contributed by atoms with Crippen LogP contribution in [0, 0.1) is 0 Å². The highest BCUT2D eigenvalue weighted by molar-refractivity contribution is 6.31. The van der Waals surface area contributed by atoms with E-state index in [0.29, 0.717) is 6.54 Å². The van der Waals surface area contributed by atoms with Gasteiger partial charge in [-0.05, 0) is 48.7 Å². The van der Waals surface area contributed by atoms with Crippen LogP contribution in [0.15, 0.2) is 53.5 Å². The van der Waals surface area contributed by atoms with Gasteiger partial charge in [0.25, 0.3) is 0 Å². The second-order valence-electron chi connectivity index (χ2n) is 6.67. The Morgan fingerprint density at radius 1 is 0.962 bits per heavy atom. The van der Waals surface area contributed by atoms with Gasteiger partial charge in [0, 0.05) is 31.7 Å². The van der Waals surface area contributed by atoms with Gasteiger partial charge in [-0.15, -0.1) is 0 Å². The van der Waals surface area contributed by atoms with Gasteiger partial charge in [-0.3, -0.25) is 9.89 Å². The van der Waals surface area contributed by atoms with E-state index in [1.807, 2.05) is 24.3 Å². The number of nitrogens with one attached hydrogen (secondary N) is 2. The van der Waals surface area contributed by atoms with Gasteiger partial charge in [-0.1, -0.05) is 54.1 Å². The van der Waals surface area contributed by atoms with E-state index >= 15 is 0 Å². The molecule has 1 fully saturated rings. The highest BCUT2D eigenvalue weighted by Crippen LogP contribution is 2.15. The maximum Gasteiger partial charge on any atom is 0.191 e. The standard InChI is InChI=1S/C21H27ClN4/c1-23-21(25-15-19-6-2-3-7-20(19)22)24-14-17-8-10-18(11-9-17)16-26-12-4-5-13-26/h2-3,6-11H,4-5,12-16H2,1H3,(H2,23,24,25). The van der Waals surface area contributed by atoms with Crippen molar-refractivity contribution in [1.29, 1.82) is 0 Å². The molecule has 0 amide bonds. The Labute approximate surface area is 161 Å². The molecule has 0 atom stereocenters. The number of rotatable bonds is 6. The predicted octanol–water partition coefficient (Wildman–Crippen LogP) is 3.80. The molecule has 1 aliphatic rings. The zero-order valence-electron chi connectivity index (χ0n) is 15.3. The number of halogens is 1. The Balaban J connectivity index is 1.46. The molecule has 0 bridgehead atoms. The molecule has 2 N–H and O–H groups in total. The molecule has 2 aromatic rings. The first kappa shape index (κ1) is 18.7. The number of nitrogens with zero attached hydrogens (tertiary/aromatic N) is 2. The number of aliphatic imine (C=N–C) groups is 1. The monoisotopic (exact) mass is 370 g/mol. The molecular weight excluding hydrogens is 344 g/mol. The van der Waals surface area contributed by atoms with E-state index in [2.05, 4.69) is 44.8 Å². The highest BCUT2D eigenvalue weighted by Gasteiger charge is 2.11. The molecular formula is C21H27ClN4. The lowest BCUT2D eigenvalue weighted by Crippen LogP contribution is -2.36. The van der Waals surface area contributed by atoms with Gasteiger partial charge in [0.15, 0.2) is 5.96 Å².